The van der Waals surface area contributed by atoms with E-state index in [1.165, 1.54) is 0 Å². The summed E-state index contributed by atoms with van der Waals surface area (Å²) < 4.78 is 37.8. The van der Waals surface area contributed by atoms with E-state index in [1.807, 2.05) is 6.20 Å². The molecule has 0 saturated carbocycles. The molecule has 0 fully saturated rings. The van der Waals surface area contributed by atoms with Crippen molar-refractivity contribution in [3.05, 3.63) is 17.7 Å². The molecule has 0 aliphatic rings. The Kier molecular flexibility index (Phi) is 2.95. The highest BCUT2D eigenvalue weighted by Crippen LogP contribution is 2.18. The van der Waals surface area contributed by atoms with Crippen LogP contribution in [0.25, 0.3) is 0 Å². The van der Waals surface area contributed by atoms with Crippen molar-refractivity contribution in [2.24, 2.45) is 0 Å². The van der Waals surface area contributed by atoms with Gasteiger partial charge in [0.05, 0.1) is 5.69 Å². The second-order valence-electron chi connectivity index (χ2n) is 3.04. The van der Waals surface area contributed by atoms with Crippen LogP contribution in [0, 0.1) is 12.0 Å². The molecule has 0 amide bonds. The minimum atomic E-state index is -2.52. The van der Waals surface area contributed by atoms with Crippen molar-refractivity contribution in [2.45, 2.75) is 32.7 Å². The molecule has 1 aromatic rings. The summed E-state index contributed by atoms with van der Waals surface area (Å²) in [6.07, 6.45) is -0.486. The summed E-state index contributed by atoms with van der Waals surface area (Å²) in [5.74, 6) is -0.812. The monoisotopic (exact) mass is 191 g/mol. The molecule has 1 rings (SSSR count). The Labute approximate surface area is 74.4 Å². The fraction of sp³-hybridized carbons (Fsp3) is 0.625. The molecule has 13 heavy (non-hydrogen) atoms. The highest BCUT2D eigenvalue weighted by atomic mass is 19.3. The van der Waals surface area contributed by atoms with Crippen molar-refractivity contribution in [2.75, 3.05) is 0 Å². The third kappa shape index (κ3) is 2.23. The second kappa shape index (κ2) is 3.81. The molecule has 0 saturated heterocycles. The smallest absolute Gasteiger partial charge is 0.257 e. The van der Waals surface area contributed by atoms with Gasteiger partial charge < -0.3 is 0 Å². The summed E-state index contributed by atoms with van der Waals surface area (Å²) in [5, 5.41) is 3.41. The number of halogens is 3. The molecule has 0 aliphatic carbocycles. The van der Waals surface area contributed by atoms with Crippen LogP contribution in [0.4, 0.5) is 13.2 Å². The van der Waals surface area contributed by atoms with Gasteiger partial charge in [-0.3, -0.25) is 4.68 Å². The van der Waals surface area contributed by atoms with Gasteiger partial charge in [0.25, 0.3) is 6.43 Å². The number of rotatable bonds is 3. The maximum atomic E-state index is 12.9. The topological polar surface area (TPSA) is 17.8 Å². The number of alkyl halides is 2. The first-order valence-electron chi connectivity index (χ1n) is 3.94. The Morgan fingerprint density at radius 2 is 2.08 bits per heavy atom. The SMILES string of the molecule is CC(C)c1c(F)[c]nn1CC(F)F. The summed E-state index contributed by atoms with van der Waals surface area (Å²) in [6, 6.07) is 0. The second-order valence-corrected chi connectivity index (χ2v) is 3.04. The fourth-order valence-corrected chi connectivity index (χ4v) is 1.15. The van der Waals surface area contributed by atoms with Crippen molar-refractivity contribution in [1.82, 2.24) is 9.78 Å². The van der Waals surface area contributed by atoms with Crippen LogP contribution in [-0.2, 0) is 6.54 Å². The van der Waals surface area contributed by atoms with E-state index in [9.17, 15) is 13.2 Å². The first-order valence-corrected chi connectivity index (χ1v) is 3.94. The third-order valence-electron chi connectivity index (χ3n) is 1.63. The molecular formula is C8H10F3N2. The van der Waals surface area contributed by atoms with E-state index in [4.69, 9.17) is 0 Å². The highest BCUT2D eigenvalue weighted by molar-refractivity contribution is 5.07. The zero-order valence-corrected chi connectivity index (χ0v) is 7.39. The number of hydrogen-bond donors (Lipinski definition) is 0. The minimum Gasteiger partial charge on any atom is -0.260 e. The van der Waals surface area contributed by atoms with Crippen molar-refractivity contribution in [3.63, 3.8) is 0 Å². The third-order valence-corrected chi connectivity index (χ3v) is 1.63. The molecule has 0 bridgehead atoms. The molecule has 1 radical (unpaired) electrons. The predicted octanol–water partition coefficient (Wildman–Crippen LogP) is 2.21. The number of nitrogens with zero attached hydrogens (tertiary/aromatic N) is 2. The quantitative estimate of drug-likeness (QED) is 0.716. The van der Waals surface area contributed by atoms with E-state index in [0.717, 1.165) is 4.68 Å². The van der Waals surface area contributed by atoms with Crippen LogP contribution in [0.15, 0.2) is 0 Å². The van der Waals surface area contributed by atoms with Crippen LogP contribution < -0.4 is 0 Å². The normalized spacial score (nSPS) is 11.6. The Bertz CT molecular complexity index is 281. The Balaban J connectivity index is 2.94. The lowest BCUT2D eigenvalue weighted by molar-refractivity contribution is 0.120. The van der Waals surface area contributed by atoms with Crippen LogP contribution in [0.3, 0.4) is 0 Å². The minimum absolute atomic E-state index is 0.169. The lowest BCUT2D eigenvalue weighted by Crippen LogP contribution is -2.12. The maximum Gasteiger partial charge on any atom is 0.257 e. The molecule has 5 heteroatoms. The molecule has 0 spiro atoms. The van der Waals surface area contributed by atoms with Crippen molar-refractivity contribution >= 4 is 0 Å². The van der Waals surface area contributed by atoms with Gasteiger partial charge in [-0.2, -0.15) is 5.10 Å². The zero-order valence-electron chi connectivity index (χ0n) is 7.39. The van der Waals surface area contributed by atoms with Crippen LogP contribution in [0.5, 0.6) is 0 Å². The summed E-state index contributed by atoms with van der Waals surface area (Å²) in [7, 11) is 0. The van der Waals surface area contributed by atoms with Gasteiger partial charge in [-0.1, -0.05) is 13.8 Å². The fourth-order valence-electron chi connectivity index (χ4n) is 1.15. The highest BCUT2D eigenvalue weighted by Gasteiger charge is 2.17. The summed E-state index contributed by atoms with van der Waals surface area (Å²) >= 11 is 0. The Morgan fingerprint density at radius 3 is 2.54 bits per heavy atom. The zero-order chi connectivity index (χ0) is 10.0. The average Bonchev–Trinajstić information content (AvgIpc) is 2.30. The standard InChI is InChI=1S/C8H10F3N2/c1-5(2)8-6(9)3-12-13(8)4-7(10)11/h5,7H,4H2,1-2H3. The van der Waals surface area contributed by atoms with E-state index in [1.54, 1.807) is 13.8 Å². The molecule has 0 aliphatic heterocycles. The van der Waals surface area contributed by atoms with Gasteiger partial charge in [0.2, 0.25) is 0 Å². The summed E-state index contributed by atoms with van der Waals surface area (Å²) in [6.45, 7) is 2.86. The Hall–Kier alpha value is -1.00. The molecule has 0 unspecified atom stereocenters. The summed E-state index contributed by atoms with van der Waals surface area (Å²) in [5.41, 5.74) is 0.181. The molecular weight excluding hydrogens is 181 g/mol. The van der Waals surface area contributed by atoms with E-state index in [0.29, 0.717) is 0 Å². The van der Waals surface area contributed by atoms with Crippen LogP contribution in [-0.4, -0.2) is 16.2 Å². The number of hydrogen-bond acceptors (Lipinski definition) is 1. The van der Waals surface area contributed by atoms with Crippen LogP contribution in [0.1, 0.15) is 25.5 Å². The molecule has 0 atom stereocenters. The van der Waals surface area contributed by atoms with Crippen LogP contribution in [0.2, 0.25) is 0 Å². The van der Waals surface area contributed by atoms with E-state index < -0.39 is 18.8 Å². The summed E-state index contributed by atoms with van der Waals surface area (Å²) in [4.78, 5) is 0. The predicted molar refractivity (Wildman–Crippen MR) is 41.1 cm³/mol. The van der Waals surface area contributed by atoms with Crippen molar-refractivity contribution in [1.29, 1.82) is 0 Å². The molecule has 0 aromatic carbocycles. The van der Waals surface area contributed by atoms with Crippen molar-refractivity contribution < 1.29 is 13.2 Å². The van der Waals surface area contributed by atoms with Gasteiger partial charge in [0.15, 0.2) is 12.0 Å². The van der Waals surface area contributed by atoms with Gasteiger partial charge >= 0.3 is 0 Å². The van der Waals surface area contributed by atoms with E-state index >= 15 is 0 Å². The first-order chi connectivity index (χ1) is 6.02. The average molecular weight is 191 g/mol. The Morgan fingerprint density at radius 1 is 1.46 bits per heavy atom. The molecule has 2 nitrogen and oxygen atoms in total. The van der Waals surface area contributed by atoms with Gasteiger partial charge in [0.1, 0.15) is 6.54 Å². The van der Waals surface area contributed by atoms with Crippen molar-refractivity contribution in [3.8, 4) is 0 Å². The molecule has 1 heterocycles. The lowest BCUT2D eigenvalue weighted by Gasteiger charge is -2.08. The first kappa shape index (κ1) is 10.1. The molecule has 73 valence electrons. The van der Waals surface area contributed by atoms with Gasteiger partial charge in [-0.25, -0.2) is 13.2 Å². The molecule has 0 N–H and O–H groups in total. The van der Waals surface area contributed by atoms with E-state index in [-0.39, 0.29) is 11.6 Å². The van der Waals surface area contributed by atoms with Gasteiger partial charge in [-0.15, -0.1) is 0 Å². The van der Waals surface area contributed by atoms with Crippen LogP contribution >= 0.6 is 0 Å². The molecule has 1 aromatic heterocycles. The largest absolute Gasteiger partial charge is 0.260 e. The lowest BCUT2D eigenvalue weighted by atomic mass is 10.1. The number of aromatic nitrogens is 2. The van der Waals surface area contributed by atoms with Gasteiger partial charge in [0, 0.05) is 0 Å². The van der Waals surface area contributed by atoms with E-state index in [2.05, 4.69) is 5.10 Å². The maximum absolute atomic E-state index is 12.9. The van der Waals surface area contributed by atoms with Gasteiger partial charge in [-0.05, 0) is 5.92 Å².